The number of halogens is 3. The lowest BCUT2D eigenvalue weighted by atomic mass is 9.97. The smallest absolute Gasteiger partial charge is 0.389 e. The third-order valence-electron chi connectivity index (χ3n) is 2.67. The van der Waals surface area contributed by atoms with E-state index in [4.69, 9.17) is 10.8 Å². The first-order valence-electron chi connectivity index (χ1n) is 4.26. The maximum atomic E-state index is 12.0. The molecule has 86 valence electrons. The molecule has 3 N–H and O–H groups in total. The Balaban J connectivity index is 2.67. The van der Waals surface area contributed by atoms with Gasteiger partial charge in [0.15, 0.2) is 0 Å². The number of hydrogen-bond donors (Lipinski definition) is 2. The number of nitrogens with two attached hydrogens (primary N) is 1. The van der Waals surface area contributed by atoms with Crippen LogP contribution in [0, 0.1) is 11.3 Å². The van der Waals surface area contributed by atoms with E-state index in [2.05, 4.69) is 0 Å². The van der Waals surface area contributed by atoms with Crippen LogP contribution in [-0.4, -0.2) is 23.2 Å². The Labute approximate surface area is 83.2 Å². The number of rotatable bonds is 4. The summed E-state index contributed by atoms with van der Waals surface area (Å²) < 4.78 is 36.0. The van der Waals surface area contributed by atoms with Gasteiger partial charge in [-0.2, -0.15) is 13.2 Å². The molecule has 1 rings (SSSR count). The molecule has 7 heteroatoms. The molecule has 0 aromatic heterocycles. The normalized spacial score (nSPS) is 29.9. The lowest BCUT2D eigenvalue weighted by molar-refractivity contribution is -0.147. The molecule has 0 radical (unpaired) electrons. The van der Waals surface area contributed by atoms with E-state index >= 15 is 0 Å². The number of primary amides is 1. The van der Waals surface area contributed by atoms with E-state index in [9.17, 15) is 22.8 Å². The number of carboxylic acid groups (broad SMARTS) is 1. The van der Waals surface area contributed by atoms with E-state index in [1.165, 1.54) is 0 Å². The van der Waals surface area contributed by atoms with Crippen LogP contribution in [0.1, 0.15) is 19.3 Å². The van der Waals surface area contributed by atoms with Gasteiger partial charge in [0.25, 0.3) is 0 Å². The molecule has 0 aromatic rings. The van der Waals surface area contributed by atoms with Gasteiger partial charge in [-0.25, -0.2) is 0 Å². The predicted octanol–water partition coefficient (Wildman–Crippen LogP) is 0.905. The van der Waals surface area contributed by atoms with Crippen LogP contribution >= 0.6 is 0 Å². The van der Waals surface area contributed by atoms with Crippen LogP contribution in [0.2, 0.25) is 0 Å². The Hall–Kier alpha value is -1.27. The zero-order valence-corrected chi connectivity index (χ0v) is 7.67. The van der Waals surface area contributed by atoms with E-state index in [1.54, 1.807) is 0 Å². The van der Waals surface area contributed by atoms with Crippen LogP contribution in [0.5, 0.6) is 0 Å². The zero-order chi connectivity index (χ0) is 11.9. The first-order chi connectivity index (χ1) is 6.67. The highest BCUT2D eigenvalue weighted by atomic mass is 19.4. The summed E-state index contributed by atoms with van der Waals surface area (Å²) in [6.45, 7) is 0. The maximum Gasteiger partial charge on any atom is 0.389 e. The van der Waals surface area contributed by atoms with Gasteiger partial charge in [0.1, 0.15) is 0 Å². The molecule has 0 aromatic carbocycles. The van der Waals surface area contributed by atoms with E-state index in [1.807, 2.05) is 0 Å². The molecular weight excluding hydrogens is 215 g/mol. The van der Waals surface area contributed by atoms with Gasteiger partial charge >= 0.3 is 12.1 Å². The summed E-state index contributed by atoms with van der Waals surface area (Å²) in [4.78, 5) is 21.3. The molecule has 0 aliphatic heterocycles. The third-order valence-corrected chi connectivity index (χ3v) is 2.67. The number of carbonyl (C=O) groups is 2. The highest BCUT2D eigenvalue weighted by molar-refractivity contribution is 5.88. The zero-order valence-electron chi connectivity index (χ0n) is 7.67. The van der Waals surface area contributed by atoms with Gasteiger partial charge in [-0.15, -0.1) is 0 Å². The van der Waals surface area contributed by atoms with Crippen molar-refractivity contribution >= 4 is 11.9 Å². The molecule has 15 heavy (non-hydrogen) atoms. The molecular formula is C8H10F3NO3. The van der Waals surface area contributed by atoms with Crippen LogP contribution in [0.15, 0.2) is 0 Å². The van der Waals surface area contributed by atoms with Gasteiger partial charge in [0.2, 0.25) is 5.91 Å². The molecule has 1 aliphatic carbocycles. The Kier molecular flexibility index (Phi) is 2.67. The standard InChI is InChI=1S/C8H10F3NO3/c9-8(10,11)2-4-1-7(4,6(12)15)3-5(13)14/h4H,1-3H2,(H2,12,15)(H,13,14)/t4-,7?/m0/s1. The monoisotopic (exact) mass is 225 g/mol. The summed E-state index contributed by atoms with van der Waals surface area (Å²) in [6, 6.07) is 0. The number of carbonyl (C=O) groups excluding carboxylic acids is 1. The summed E-state index contributed by atoms with van der Waals surface area (Å²) in [5, 5.41) is 8.47. The van der Waals surface area contributed by atoms with Crippen molar-refractivity contribution in [3.63, 3.8) is 0 Å². The molecule has 2 atom stereocenters. The predicted molar refractivity (Wildman–Crippen MR) is 42.7 cm³/mol. The van der Waals surface area contributed by atoms with Crippen LogP contribution in [0.3, 0.4) is 0 Å². The summed E-state index contributed by atoms with van der Waals surface area (Å²) in [6.07, 6.45) is -6.25. The lowest BCUT2D eigenvalue weighted by Gasteiger charge is -2.11. The second kappa shape index (κ2) is 3.39. The molecule has 1 unspecified atom stereocenters. The van der Waals surface area contributed by atoms with Crippen molar-refractivity contribution in [2.75, 3.05) is 0 Å². The Morgan fingerprint density at radius 1 is 1.47 bits per heavy atom. The molecule has 0 bridgehead atoms. The van der Waals surface area contributed by atoms with Gasteiger partial charge in [-0.05, 0) is 12.3 Å². The fraction of sp³-hybridized carbons (Fsp3) is 0.750. The average molecular weight is 225 g/mol. The number of aliphatic carboxylic acids is 1. The van der Waals surface area contributed by atoms with E-state index < -0.39 is 42.2 Å². The maximum absolute atomic E-state index is 12.0. The Morgan fingerprint density at radius 2 is 2.00 bits per heavy atom. The van der Waals surface area contributed by atoms with Crippen molar-refractivity contribution < 1.29 is 27.9 Å². The molecule has 1 saturated carbocycles. The number of alkyl halides is 3. The minimum atomic E-state index is -4.39. The van der Waals surface area contributed by atoms with Gasteiger partial charge in [0.05, 0.1) is 11.8 Å². The van der Waals surface area contributed by atoms with E-state index in [0.29, 0.717) is 0 Å². The van der Waals surface area contributed by atoms with Crippen molar-refractivity contribution in [3.05, 3.63) is 0 Å². The van der Waals surface area contributed by atoms with E-state index in [0.717, 1.165) is 0 Å². The fourth-order valence-corrected chi connectivity index (χ4v) is 1.80. The lowest BCUT2D eigenvalue weighted by Crippen LogP contribution is -2.30. The molecule has 1 aliphatic rings. The number of carboxylic acids is 1. The van der Waals surface area contributed by atoms with Crippen molar-refractivity contribution in [2.24, 2.45) is 17.1 Å². The summed E-state index contributed by atoms with van der Waals surface area (Å²) >= 11 is 0. The largest absolute Gasteiger partial charge is 0.481 e. The Morgan fingerprint density at radius 3 is 2.33 bits per heavy atom. The highest BCUT2D eigenvalue weighted by Gasteiger charge is 2.62. The van der Waals surface area contributed by atoms with Crippen molar-refractivity contribution in [1.82, 2.24) is 0 Å². The van der Waals surface area contributed by atoms with Crippen molar-refractivity contribution in [2.45, 2.75) is 25.4 Å². The first kappa shape index (κ1) is 11.8. The first-order valence-corrected chi connectivity index (χ1v) is 4.26. The van der Waals surface area contributed by atoms with Gasteiger partial charge < -0.3 is 10.8 Å². The fourth-order valence-electron chi connectivity index (χ4n) is 1.80. The van der Waals surface area contributed by atoms with Crippen LogP contribution in [0.25, 0.3) is 0 Å². The molecule has 0 heterocycles. The molecule has 1 fully saturated rings. The second-order valence-electron chi connectivity index (χ2n) is 3.81. The van der Waals surface area contributed by atoms with Crippen molar-refractivity contribution in [3.8, 4) is 0 Å². The quantitative estimate of drug-likeness (QED) is 0.746. The summed E-state index contributed by atoms with van der Waals surface area (Å²) in [5.41, 5.74) is 3.44. The molecule has 0 saturated heterocycles. The van der Waals surface area contributed by atoms with Gasteiger partial charge in [-0.3, -0.25) is 9.59 Å². The summed E-state index contributed by atoms with van der Waals surface area (Å²) in [5.74, 6) is -3.25. The highest BCUT2D eigenvalue weighted by Crippen LogP contribution is 2.59. The van der Waals surface area contributed by atoms with E-state index in [-0.39, 0.29) is 6.42 Å². The average Bonchev–Trinajstić information content (AvgIpc) is 2.58. The van der Waals surface area contributed by atoms with Crippen LogP contribution < -0.4 is 5.73 Å². The van der Waals surface area contributed by atoms with Crippen molar-refractivity contribution in [1.29, 1.82) is 0 Å². The SMILES string of the molecule is NC(=O)C1(CC(=O)O)C[C@H]1CC(F)(F)F. The van der Waals surface area contributed by atoms with Crippen LogP contribution in [0.4, 0.5) is 13.2 Å². The minimum absolute atomic E-state index is 0.0891. The Bertz CT molecular complexity index is 302. The molecule has 0 spiro atoms. The van der Waals surface area contributed by atoms with Gasteiger partial charge in [-0.1, -0.05) is 0 Å². The molecule has 1 amide bonds. The minimum Gasteiger partial charge on any atom is -0.481 e. The third kappa shape index (κ3) is 2.60. The van der Waals surface area contributed by atoms with Crippen LogP contribution in [-0.2, 0) is 9.59 Å². The number of hydrogen-bond acceptors (Lipinski definition) is 2. The second-order valence-corrected chi connectivity index (χ2v) is 3.81. The molecule has 4 nitrogen and oxygen atoms in total. The summed E-state index contributed by atoms with van der Waals surface area (Å²) in [7, 11) is 0. The van der Waals surface area contributed by atoms with Gasteiger partial charge in [0, 0.05) is 6.42 Å². The topological polar surface area (TPSA) is 80.4 Å². The number of amides is 1.